The lowest BCUT2D eigenvalue weighted by molar-refractivity contribution is 0.0696. The van der Waals surface area contributed by atoms with Gasteiger partial charge in [0.15, 0.2) is 0 Å². The van der Waals surface area contributed by atoms with Crippen LogP contribution in [0.1, 0.15) is 24.2 Å². The van der Waals surface area contributed by atoms with Crippen LogP contribution in [0.2, 0.25) is 0 Å². The van der Waals surface area contributed by atoms with Crippen molar-refractivity contribution in [2.75, 3.05) is 0 Å². The van der Waals surface area contributed by atoms with Crippen LogP contribution in [0.5, 0.6) is 5.75 Å². The molecule has 1 radical (unpaired) electrons. The third-order valence-corrected chi connectivity index (χ3v) is 1.38. The summed E-state index contributed by atoms with van der Waals surface area (Å²) in [4.78, 5) is 10.6. The molecule has 0 bridgehead atoms. The van der Waals surface area contributed by atoms with Gasteiger partial charge in [0.1, 0.15) is 5.75 Å². The van der Waals surface area contributed by atoms with Crippen LogP contribution in [0.3, 0.4) is 0 Å². The fourth-order valence-electron chi connectivity index (χ4n) is 0.914. The smallest absolute Gasteiger partial charge is 0.335 e. The number of carbonyl (C=O) groups is 1. The molecule has 1 aromatic carbocycles. The highest BCUT2D eigenvalue weighted by molar-refractivity contribution is 5.87. The maximum absolute atomic E-state index is 10.6. The number of hydrogen-bond donors (Lipinski definition) is 1. The summed E-state index contributed by atoms with van der Waals surface area (Å²) >= 11 is 0. The molecule has 1 rings (SSSR count). The molecule has 3 heteroatoms. The molecule has 0 unspecified atom stereocenters. The quantitative estimate of drug-likeness (QED) is 0.771. The molecule has 0 atom stereocenters. The molecular weight excluding hydrogens is 168 g/mol. The van der Waals surface area contributed by atoms with Crippen molar-refractivity contribution >= 4 is 5.97 Å². The largest absolute Gasteiger partial charge is 0.491 e. The fourth-order valence-corrected chi connectivity index (χ4v) is 0.914. The Hall–Kier alpha value is -1.51. The molecule has 0 aliphatic carbocycles. The number of carboxylic acid groups (broad SMARTS) is 1. The molecule has 13 heavy (non-hydrogen) atoms. The predicted octanol–water partition coefficient (Wildman–Crippen LogP) is 1.97. The summed E-state index contributed by atoms with van der Waals surface area (Å²) in [6, 6.07) is 7.23. The topological polar surface area (TPSA) is 46.5 Å². The van der Waals surface area contributed by atoms with Gasteiger partial charge in [-0.2, -0.15) is 0 Å². The monoisotopic (exact) mass is 179 g/mol. The third-order valence-electron chi connectivity index (χ3n) is 1.38. The fraction of sp³-hybridized carbons (Fsp3) is 0.300. The minimum absolute atomic E-state index is 0.0393. The molecule has 0 amide bonds. The highest BCUT2D eigenvalue weighted by Crippen LogP contribution is 2.14. The summed E-state index contributed by atoms with van der Waals surface area (Å²) in [5.74, 6) is -0.430. The minimum atomic E-state index is -0.967. The Morgan fingerprint density at radius 3 is 2.77 bits per heavy atom. The van der Waals surface area contributed by atoms with Crippen molar-refractivity contribution < 1.29 is 14.6 Å². The molecule has 0 aromatic heterocycles. The lowest BCUT2D eigenvalue weighted by Gasteiger charge is -2.09. The van der Waals surface area contributed by atoms with Crippen molar-refractivity contribution in [3.05, 3.63) is 29.8 Å². The van der Waals surface area contributed by atoms with Gasteiger partial charge in [0, 0.05) is 0 Å². The Balaban J connectivity index is 2.85. The average Bonchev–Trinajstić information content (AvgIpc) is 2.03. The molecule has 0 saturated heterocycles. The Morgan fingerprint density at radius 2 is 2.23 bits per heavy atom. The average molecular weight is 179 g/mol. The van der Waals surface area contributed by atoms with Gasteiger partial charge in [-0.05, 0) is 38.1 Å². The Bertz CT molecular complexity index is 305. The van der Waals surface area contributed by atoms with Gasteiger partial charge in [-0.3, -0.25) is 0 Å². The molecule has 0 aliphatic rings. The first-order valence-electron chi connectivity index (χ1n) is 4.00. The Labute approximate surface area is 77.0 Å². The van der Waals surface area contributed by atoms with Gasteiger partial charge in [0.25, 0.3) is 0 Å². The molecule has 3 nitrogen and oxygen atoms in total. The Morgan fingerprint density at radius 1 is 1.54 bits per heavy atom. The molecule has 0 heterocycles. The third kappa shape index (κ3) is 2.78. The van der Waals surface area contributed by atoms with Crippen molar-refractivity contribution in [3.8, 4) is 5.75 Å². The summed E-state index contributed by atoms with van der Waals surface area (Å²) in [5.41, 5.74) is 0.193. The van der Waals surface area contributed by atoms with Gasteiger partial charge in [-0.15, -0.1) is 0 Å². The zero-order chi connectivity index (χ0) is 9.84. The van der Waals surface area contributed by atoms with Crippen LogP contribution in [-0.2, 0) is 0 Å². The van der Waals surface area contributed by atoms with Gasteiger partial charge in [-0.25, -0.2) is 4.79 Å². The standard InChI is InChI=1S/C10H11O3/c1-7(2)13-9-5-3-4-8(6-9)10(11)12/h4-7H,1-2H3,(H,11,12). The second-order valence-corrected chi connectivity index (χ2v) is 2.93. The summed E-state index contributed by atoms with van der Waals surface area (Å²) < 4.78 is 5.31. The first kappa shape index (κ1) is 9.58. The minimum Gasteiger partial charge on any atom is -0.491 e. The van der Waals surface area contributed by atoms with E-state index in [4.69, 9.17) is 9.84 Å². The molecule has 0 saturated carbocycles. The SMILES string of the molecule is CC(C)Oc1c[c]cc(C(=O)O)c1. The number of aromatic carboxylic acids is 1. The predicted molar refractivity (Wildman–Crippen MR) is 48.0 cm³/mol. The lowest BCUT2D eigenvalue weighted by Crippen LogP contribution is -2.06. The first-order chi connectivity index (χ1) is 6.09. The van der Waals surface area contributed by atoms with Crippen molar-refractivity contribution in [2.24, 2.45) is 0 Å². The lowest BCUT2D eigenvalue weighted by atomic mass is 10.2. The molecule has 1 N–H and O–H groups in total. The number of hydrogen-bond acceptors (Lipinski definition) is 2. The normalized spacial score (nSPS) is 10.1. The molecule has 0 spiro atoms. The molecule has 0 aliphatic heterocycles. The maximum Gasteiger partial charge on any atom is 0.335 e. The van der Waals surface area contributed by atoms with Gasteiger partial charge < -0.3 is 9.84 Å². The van der Waals surface area contributed by atoms with E-state index in [2.05, 4.69) is 6.07 Å². The zero-order valence-corrected chi connectivity index (χ0v) is 7.57. The second-order valence-electron chi connectivity index (χ2n) is 2.93. The van der Waals surface area contributed by atoms with E-state index in [1.54, 1.807) is 6.07 Å². The van der Waals surface area contributed by atoms with E-state index in [0.29, 0.717) is 5.75 Å². The second kappa shape index (κ2) is 3.94. The highest BCUT2D eigenvalue weighted by Gasteiger charge is 2.04. The Kier molecular flexibility index (Phi) is 2.90. The molecule has 69 valence electrons. The number of benzene rings is 1. The molecular formula is C10H11O3. The summed E-state index contributed by atoms with van der Waals surface area (Å²) in [5, 5.41) is 8.67. The van der Waals surface area contributed by atoms with E-state index >= 15 is 0 Å². The zero-order valence-electron chi connectivity index (χ0n) is 7.57. The van der Waals surface area contributed by atoms with E-state index < -0.39 is 5.97 Å². The number of ether oxygens (including phenoxy) is 1. The van der Waals surface area contributed by atoms with Crippen LogP contribution < -0.4 is 4.74 Å². The van der Waals surface area contributed by atoms with Crippen molar-refractivity contribution in [1.29, 1.82) is 0 Å². The first-order valence-corrected chi connectivity index (χ1v) is 4.00. The summed E-state index contributed by atoms with van der Waals surface area (Å²) in [6.45, 7) is 3.76. The van der Waals surface area contributed by atoms with Crippen LogP contribution >= 0.6 is 0 Å². The van der Waals surface area contributed by atoms with Crippen LogP contribution in [0.15, 0.2) is 18.2 Å². The van der Waals surface area contributed by atoms with Gasteiger partial charge in [0.05, 0.1) is 11.7 Å². The van der Waals surface area contributed by atoms with Gasteiger partial charge >= 0.3 is 5.97 Å². The molecule has 0 fully saturated rings. The van der Waals surface area contributed by atoms with Crippen molar-refractivity contribution in [2.45, 2.75) is 20.0 Å². The van der Waals surface area contributed by atoms with E-state index in [9.17, 15) is 4.79 Å². The summed E-state index contributed by atoms with van der Waals surface area (Å²) in [6.07, 6.45) is 0.0393. The number of carboxylic acids is 1. The maximum atomic E-state index is 10.6. The summed E-state index contributed by atoms with van der Waals surface area (Å²) in [7, 11) is 0. The van der Waals surface area contributed by atoms with Crippen LogP contribution in [-0.4, -0.2) is 17.2 Å². The van der Waals surface area contributed by atoms with E-state index in [0.717, 1.165) is 0 Å². The van der Waals surface area contributed by atoms with Crippen LogP contribution in [0, 0.1) is 6.07 Å². The number of rotatable bonds is 3. The van der Waals surface area contributed by atoms with E-state index in [1.807, 2.05) is 13.8 Å². The van der Waals surface area contributed by atoms with E-state index in [-0.39, 0.29) is 11.7 Å². The highest BCUT2D eigenvalue weighted by atomic mass is 16.5. The van der Waals surface area contributed by atoms with Crippen LogP contribution in [0.4, 0.5) is 0 Å². The van der Waals surface area contributed by atoms with Gasteiger partial charge in [-0.1, -0.05) is 0 Å². The van der Waals surface area contributed by atoms with Crippen molar-refractivity contribution in [1.82, 2.24) is 0 Å². The van der Waals surface area contributed by atoms with Crippen molar-refractivity contribution in [3.63, 3.8) is 0 Å². The van der Waals surface area contributed by atoms with Gasteiger partial charge in [0.2, 0.25) is 0 Å². The van der Waals surface area contributed by atoms with E-state index in [1.165, 1.54) is 12.1 Å². The molecule has 1 aromatic rings. The van der Waals surface area contributed by atoms with Crippen LogP contribution in [0.25, 0.3) is 0 Å².